The van der Waals surface area contributed by atoms with Gasteiger partial charge in [0.1, 0.15) is 11.6 Å². The van der Waals surface area contributed by atoms with Gasteiger partial charge in [-0.3, -0.25) is 4.79 Å². The predicted molar refractivity (Wildman–Crippen MR) is 89.5 cm³/mol. The topological polar surface area (TPSA) is 52.9 Å². The van der Waals surface area contributed by atoms with E-state index in [4.69, 9.17) is 5.26 Å². The van der Waals surface area contributed by atoms with E-state index in [1.165, 1.54) is 18.2 Å². The second-order valence-corrected chi connectivity index (χ2v) is 5.30. The number of alkyl halides is 3. The number of rotatable bonds is 4. The molecule has 1 amide bonds. The maximum absolute atomic E-state index is 12.7. The summed E-state index contributed by atoms with van der Waals surface area (Å²) in [5.41, 5.74) is 0.684. The van der Waals surface area contributed by atoms with Crippen molar-refractivity contribution in [2.24, 2.45) is 0 Å². The van der Waals surface area contributed by atoms with Crippen molar-refractivity contribution in [3.63, 3.8) is 0 Å². The van der Waals surface area contributed by atoms with Gasteiger partial charge < -0.3 is 5.32 Å². The summed E-state index contributed by atoms with van der Waals surface area (Å²) in [6.45, 7) is 2.01. The average molecular weight is 344 g/mol. The Balaban J connectivity index is 2.20. The summed E-state index contributed by atoms with van der Waals surface area (Å²) in [5.74, 6) is -0.763. The van der Waals surface area contributed by atoms with E-state index in [0.717, 1.165) is 24.1 Å². The zero-order chi connectivity index (χ0) is 18.4. The highest BCUT2D eigenvalue weighted by molar-refractivity contribution is 6.09. The van der Waals surface area contributed by atoms with Crippen molar-refractivity contribution in [2.75, 3.05) is 5.32 Å². The van der Waals surface area contributed by atoms with E-state index in [0.29, 0.717) is 5.56 Å². The van der Waals surface area contributed by atoms with Crippen molar-refractivity contribution < 1.29 is 18.0 Å². The second kappa shape index (κ2) is 7.67. The minimum absolute atomic E-state index is 0.0256. The number of carbonyl (C=O) groups excluding carboxylic acids is 1. The number of aryl methyl sites for hydroxylation is 1. The third-order valence-electron chi connectivity index (χ3n) is 3.51. The van der Waals surface area contributed by atoms with Gasteiger partial charge in [-0.15, -0.1) is 0 Å². The van der Waals surface area contributed by atoms with E-state index in [2.05, 4.69) is 5.32 Å². The Morgan fingerprint density at radius 3 is 2.44 bits per heavy atom. The summed E-state index contributed by atoms with van der Waals surface area (Å²) in [6, 6.07) is 13.3. The largest absolute Gasteiger partial charge is 0.416 e. The van der Waals surface area contributed by atoms with Crippen LogP contribution >= 0.6 is 0 Å². The smallest absolute Gasteiger partial charge is 0.321 e. The molecule has 0 fully saturated rings. The fourth-order valence-corrected chi connectivity index (χ4v) is 2.14. The number of carbonyl (C=O) groups is 1. The lowest BCUT2D eigenvalue weighted by atomic mass is 10.1. The molecular weight excluding hydrogens is 329 g/mol. The van der Waals surface area contributed by atoms with Gasteiger partial charge in [0.15, 0.2) is 0 Å². The molecule has 0 saturated heterocycles. The molecule has 2 aromatic rings. The first kappa shape index (κ1) is 18.3. The minimum atomic E-state index is -4.50. The summed E-state index contributed by atoms with van der Waals surface area (Å²) in [5, 5.41) is 11.5. The number of nitrogens with zero attached hydrogens (tertiary/aromatic N) is 1. The van der Waals surface area contributed by atoms with Crippen molar-refractivity contribution in [3.05, 3.63) is 70.8 Å². The van der Waals surface area contributed by atoms with Crippen LogP contribution in [-0.4, -0.2) is 5.91 Å². The molecule has 0 aliphatic heterocycles. The molecule has 0 spiro atoms. The molecule has 0 saturated carbocycles. The van der Waals surface area contributed by atoms with Gasteiger partial charge >= 0.3 is 6.18 Å². The molecule has 6 heteroatoms. The number of benzene rings is 2. The van der Waals surface area contributed by atoms with Crippen LogP contribution in [0.3, 0.4) is 0 Å². The number of hydrogen-bond donors (Lipinski definition) is 1. The number of hydrogen-bond acceptors (Lipinski definition) is 2. The third kappa shape index (κ3) is 4.95. The quantitative estimate of drug-likeness (QED) is 0.639. The molecule has 128 valence electrons. The van der Waals surface area contributed by atoms with E-state index >= 15 is 0 Å². The Morgan fingerprint density at radius 1 is 1.20 bits per heavy atom. The molecule has 0 heterocycles. The highest BCUT2D eigenvalue weighted by Gasteiger charge is 2.30. The first-order valence-electron chi connectivity index (χ1n) is 7.53. The second-order valence-electron chi connectivity index (χ2n) is 5.30. The van der Waals surface area contributed by atoms with Crippen LogP contribution in [0, 0.1) is 11.3 Å². The Morgan fingerprint density at radius 2 is 1.88 bits per heavy atom. The molecule has 0 unspecified atom stereocenters. The molecule has 2 rings (SSSR count). The third-order valence-corrected chi connectivity index (χ3v) is 3.51. The number of nitriles is 1. The van der Waals surface area contributed by atoms with Gasteiger partial charge in [-0.05, 0) is 41.8 Å². The van der Waals surface area contributed by atoms with Crippen LogP contribution < -0.4 is 5.32 Å². The van der Waals surface area contributed by atoms with Crippen molar-refractivity contribution in [1.29, 1.82) is 5.26 Å². The van der Waals surface area contributed by atoms with Crippen LogP contribution in [-0.2, 0) is 17.4 Å². The van der Waals surface area contributed by atoms with Crippen molar-refractivity contribution >= 4 is 17.7 Å². The summed E-state index contributed by atoms with van der Waals surface area (Å²) < 4.78 is 38.1. The molecule has 25 heavy (non-hydrogen) atoms. The molecule has 0 aliphatic rings. The number of amides is 1. The highest BCUT2D eigenvalue weighted by Crippen LogP contribution is 2.30. The molecule has 2 aromatic carbocycles. The lowest BCUT2D eigenvalue weighted by molar-refractivity contribution is -0.137. The SMILES string of the molecule is CCc1ccc(/C=C(/C#N)C(=O)Nc2cccc(C(F)(F)F)c2)cc1. The number of nitrogens with one attached hydrogen (secondary N) is 1. The lowest BCUT2D eigenvalue weighted by Gasteiger charge is -2.09. The maximum Gasteiger partial charge on any atom is 0.416 e. The Kier molecular flexibility index (Phi) is 5.60. The van der Waals surface area contributed by atoms with Gasteiger partial charge in [-0.2, -0.15) is 18.4 Å². The van der Waals surface area contributed by atoms with Gasteiger partial charge in [0.05, 0.1) is 5.56 Å². The molecule has 0 radical (unpaired) electrons. The molecule has 3 nitrogen and oxygen atoms in total. The van der Waals surface area contributed by atoms with Crippen LogP contribution in [0.2, 0.25) is 0 Å². The zero-order valence-corrected chi connectivity index (χ0v) is 13.4. The summed E-state index contributed by atoms with van der Waals surface area (Å²) in [7, 11) is 0. The van der Waals surface area contributed by atoms with E-state index in [1.54, 1.807) is 18.2 Å². The molecule has 0 aliphatic carbocycles. The average Bonchev–Trinajstić information content (AvgIpc) is 2.59. The Bertz CT molecular complexity index is 831. The molecule has 0 aromatic heterocycles. The van der Waals surface area contributed by atoms with E-state index < -0.39 is 17.6 Å². The highest BCUT2D eigenvalue weighted by atomic mass is 19.4. The van der Waals surface area contributed by atoms with Gasteiger partial charge in [0.2, 0.25) is 0 Å². The molecular formula is C19H15F3N2O. The maximum atomic E-state index is 12.7. The first-order valence-corrected chi connectivity index (χ1v) is 7.53. The zero-order valence-electron chi connectivity index (χ0n) is 13.4. The van der Waals surface area contributed by atoms with Crippen molar-refractivity contribution in [3.8, 4) is 6.07 Å². The monoisotopic (exact) mass is 344 g/mol. The lowest BCUT2D eigenvalue weighted by Crippen LogP contribution is -2.14. The van der Waals surface area contributed by atoms with E-state index in [1.807, 2.05) is 19.1 Å². The van der Waals surface area contributed by atoms with Crippen molar-refractivity contribution in [2.45, 2.75) is 19.5 Å². The van der Waals surface area contributed by atoms with Gasteiger partial charge in [0, 0.05) is 5.69 Å². The number of halogens is 3. The van der Waals surface area contributed by atoms with Gasteiger partial charge in [0.25, 0.3) is 5.91 Å². The first-order chi connectivity index (χ1) is 11.8. The predicted octanol–water partition coefficient (Wildman–Crippen LogP) is 4.81. The van der Waals surface area contributed by atoms with E-state index in [9.17, 15) is 18.0 Å². The van der Waals surface area contributed by atoms with Crippen molar-refractivity contribution in [1.82, 2.24) is 0 Å². The van der Waals surface area contributed by atoms with Crippen LogP contribution in [0.1, 0.15) is 23.6 Å². The fraction of sp³-hybridized carbons (Fsp3) is 0.158. The number of anilines is 1. The van der Waals surface area contributed by atoms with Crippen LogP contribution in [0.25, 0.3) is 6.08 Å². The van der Waals surface area contributed by atoms with Crippen LogP contribution in [0.5, 0.6) is 0 Å². The summed E-state index contributed by atoms with van der Waals surface area (Å²) >= 11 is 0. The van der Waals surface area contributed by atoms with Crippen LogP contribution in [0.4, 0.5) is 18.9 Å². The minimum Gasteiger partial charge on any atom is -0.321 e. The summed E-state index contributed by atoms with van der Waals surface area (Å²) in [4.78, 5) is 12.1. The molecule has 1 N–H and O–H groups in total. The molecule has 0 atom stereocenters. The Labute approximate surface area is 143 Å². The summed E-state index contributed by atoms with van der Waals surface area (Å²) in [6.07, 6.45) is -2.25. The van der Waals surface area contributed by atoms with E-state index in [-0.39, 0.29) is 11.3 Å². The van der Waals surface area contributed by atoms with Gasteiger partial charge in [-0.1, -0.05) is 37.3 Å². The van der Waals surface area contributed by atoms with Gasteiger partial charge in [-0.25, -0.2) is 0 Å². The van der Waals surface area contributed by atoms with Crippen LogP contribution in [0.15, 0.2) is 54.1 Å². The fourth-order valence-electron chi connectivity index (χ4n) is 2.14. The normalized spacial score (nSPS) is 11.7. The standard InChI is InChI=1S/C19H15F3N2O/c1-2-13-6-8-14(9-7-13)10-15(12-23)18(25)24-17-5-3-4-16(11-17)19(20,21)22/h3-11H,2H2,1H3,(H,24,25)/b15-10-. The Hall–Kier alpha value is -3.07. The molecule has 0 bridgehead atoms.